The number of thiophene rings is 1. The maximum Gasteiger partial charge on any atom is 0.225 e. The lowest BCUT2D eigenvalue weighted by atomic mass is 9.97. The summed E-state index contributed by atoms with van der Waals surface area (Å²) >= 11 is 8.15. The minimum Gasteiger partial charge on any atom is -0.355 e. The molecule has 0 aliphatic rings. The van der Waals surface area contributed by atoms with Gasteiger partial charge in [-0.25, -0.2) is 4.98 Å². The van der Waals surface area contributed by atoms with Crippen molar-refractivity contribution in [3.05, 3.63) is 39.5 Å². The highest BCUT2D eigenvalue weighted by Gasteiger charge is 2.23. The molecule has 0 spiro atoms. The number of halogens is 1. The van der Waals surface area contributed by atoms with Gasteiger partial charge in [0.1, 0.15) is 10.6 Å². The lowest BCUT2D eigenvalue weighted by Gasteiger charge is -2.28. The first-order valence-corrected chi connectivity index (χ1v) is 11.7. The van der Waals surface area contributed by atoms with Crippen molar-refractivity contribution in [2.45, 2.75) is 54.9 Å². The van der Waals surface area contributed by atoms with Gasteiger partial charge in [-0.15, -0.1) is 11.3 Å². The van der Waals surface area contributed by atoms with Crippen LogP contribution in [0, 0.1) is 25.7 Å². The molecule has 0 bridgehead atoms. The number of benzene rings is 1. The van der Waals surface area contributed by atoms with Crippen molar-refractivity contribution in [3.8, 4) is 11.1 Å². The Balaban J connectivity index is 2.32. The summed E-state index contributed by atoms with van der Waals surface area (Å²) in [5, 5.41) is 1.49. The molecule has 3 nitrogen and oxygen atoms in total. The van der Waals surface area contributed by atoms with E-state index in [0.29, 0.717) is 17.1 Å². The second kappa shape index (κ2) is 9.01. The molecule has 2 heterocycles. The van der Waals surface area contributed by atoms with Gasteiger partial charge in [0.05, 0.1) is 5.39 Å². The molecular formula is C24H32ClN3S. The molecular weight excluding hydrogens is 398 g/mol. The van der Waals surface area contributed by atoms with Gasteiger partial charge in [0.25, 0.3) is 0 Å². The Morgan fingerprint density at radius 1 is 1.00 bits per heavy atom. The van der Waals surface area contributed by atoms with Crippen LogP contribution in [0.15, 0.2) is 18.2 Å². The van der Waals surface area contributed by atoms with E-state index in [1.54, 1.807) is 11.3 Å². The van der Waals surface area contributed by atoms with Crippen molar-refractivity contribution in [1.29, 1.82) is 0 Å². The molecule has 2 aromatic heterocycles. The second-order valence-electron chi connectivity index (χ2n) is 8.74. The van der Waals surface area contributed by atoms with E-state index in [-0.39, 0.29) is 0 Å². The Morgan fingerprint density at radius 3 is 2.21 bits per heavy atom. The predicted molar refractivity (Wildman–Crippen MR) is 129 cm³/mol. The molecule has 3 rings (SSSR count). The first kappa shape index (κ1) is 22.0. The lowest BCUT2D eigenvalue weighted by Crippen LogP contribution is -2.32. The SMILES string of the molecule is CCc1sc2nc(Cl)nc(N(CC(C)C)CC(C)C)c2c1-c1ccc(C)c(C)c1. The Morgan fingerprint density at radius 2 is 1.66 bits per heavy atom. The van der Waals surface area contributed by atoms with Crippen molar-refractivity contribution < 1.29 is 0 Å². The predicted octanol–water partition coefficient (Wildman–Crippen LogP) is 7.31. The summed E-state index contributed by atoms with van der Waals surface area (Å²) in [6, 6.07) is 6.74. The molecule has 0 N–H and O–H groups in total. The summed E-state index contributed by atoms with van der Waals surface area (Å²) in [6.07, 6.45) is 0.967. The van der Waals surface area contributed by atoms with Crippen molar-refractivity contribution >= 4 is 39.0 Å². The molecule has 0 aliphatic carbocycles. The van der Waals surface area contributed by atoms with Crippen molar-refractivity contribution in [2.75, 3.05) is 18.0 Å². The van der Waals surface area contributed by atoms with E-state index < -0.39 is 0 Å². The monoisotopic (exact) mass is 429 g/mol. The van der Waals surface area contributed by atoms with Gasteiger partial charge in [-0.3, -0.25) is 0 Å². The number of fused-ring (bicyclic) bond motifs is 1. The topological polar surface area (TPSA) is 29.0 Å². The number of rotatable bonds is 7. The Kier molecular flexibility index (Phi) is 6.85. The fourth-order valence-corrected chi connectivity index (χ4v) is 5.15. The Bertz CT molecular complexity index is 997. The Labute approximate surface area is 184 Å². The third-order valence-corrected chi connectivity index (χ3v) is 6.56. The van der Waals surface area contributed by atoms with Crippen molar-refractivity contribution in [2.24, 2.45) is 11.8 Å². The van der Waals surface area contributed by atoms with Crippen LogP contribution in [0.25, 0.3) is 21.3 Å². The van der Waals surface area contributed by atoms with Crippen LogP contribution in [0.5, 0.6) is 0 Å². The summed E-state index contributed by atoms with van der Waals surface area (Å²) in [5.41, 5.74) is 5.14. The summed E-state index contributed by atoms with van der Waals surface area (Å²) in [4.78, 5) is 14.1. The quantitative estimate of drug-likeness (QED) is 0.368. The first-order valence-electron chi connectivity index (χ1n) is 10.5. The van der Waals surface area contributed by atoms with Crippen LogP contribution in [0.3, 0.4) is 0 Å². The molecule has 0 atom stereocenters. The molecule has 5 heteroatoms. The van der Waals surface area contributed by atoms with Gasteiger partial charge in [0, 0.05) is 23.5 Å². The van der Waals surface area contributed by atoms with Gasteiger partial charge < -0.3 is 4.90 Å². The maximum atomic E-state index is 6.40. The van der Waals surface area contributed by atoms with E-state index in [1.807, 2.05) is 0 Å². The highest BCUT2D eigenvalue weighted by molar-refractivity contribution is 7.19. The van der Waals surface area contributed by atoms with Gasteiger partial charge in [0.2, 0.25) is 5.28 Å². The van der Waals surface area contributed by atoms with E-state index in [2.05, 4.69) is 76.5 Å². The van der Waals surface area contributed by atoms with Gasteiger partial charge in [0.15, 0.2) is 0 Å². The highest BCUT2D eigenvalue weighted by atomic mass is 35.5. The maximum absolute atomic E-state index is 6.40. The van der Waals surface area contributed by atoms with E-state index in [4.69, 9.17) is 16.6 Å². The zero-order valence-corrected chi connectivity index (χ0v) is 20.2. The molecule has 0 unspecified atom stereocenters. The van der Waals surface area contributed by atoms with Crippen molar-refractivity contribution in [1.82, 2.24) is 9.97 Å². The number of nitrogens with zero attached hydrogens (tertiary/aromatic N) is 3. The van der Waals surface area contributed by atoms with Gasteiger partial charge in [-0.05, 0) is 60.4 Å². The minimum atomic E-state index is 0.334. The number of aromatic nitrogens is 2. The number of hydrogen-bond donors (Lipinski definition) is 0. The lowest BCUT2D eigenvalue weighted by molar-refractivity contribution is 0.550. The third kappa shape index (κ3) is 4.75. The molecule has 3 aromatic rings. The minimum absolute atomic E-state index is 0.334. The number of hydrogen-bond acceptors (Lipinski definition) is 4. The summed E-state index contributed by atoms with van der Waals surface area (Å²) in [5.74, 6) is 2.05. The van der Waals surface area contributed by atoms with E-state index in [1.165, 1.54) is 27.1 Å². The molecule has 0 fully saturated rings. The zero-order valence-electron chi connectivity index (χ0n) is 18.6. The largest absolute Gasteiger partial charge is 0.355 e. The third-order valence-electron chi connectivity index (χ3n) is 5.17. The molecule has 156 valence electrons. The average molecular weight is 430 g/mol. The van der Waals surface area contributed by atoms with Gasteiger partial charge in [-0.2, -0.15) is 4.98 Å². The number of aryl methyl sites for hydroxylation is 3. The number of anilines is 1. The smallest absolute Gasteiger partial charge is 0.225 e. The molecule has 0 saturated carbocycles. The molecule has 0 aliphatic heterocycles. The van der Waals surface area contributed by atoms with Crippen molar-refractivity contribution in [3.63, 3.8) is 0 Å². The average Bonchev–Trinajstić information content (AvgIpc) is 3.00. The van der Waals surface area contributed by atoms with Gasteiger partial charge >= 0.3 is 0 Å². The van der Waals surface area contributed by atoms with Crippen LogP contribution < -0.4 is 4.90 Å². The van der Waals surface area contributed by atoms with E-state index in [9.17, 15) is 0 Å². The molecule has 1 aromatic carbocycles. The fourth-order valence-electron chi connectivity index (χ4n) is 3.81. The van der Waals surface area contributed by atoms with Crippen LogP contribution in [0.2, 0.25) is 5.28 Å². The highest BCUT2D eigenvalue weighted by Crippen LogP contribution is 2.43. The van der Waals surface area contributed by atoms with Crippen LogP contribution in [-0.2, 0) is 6.42 Å². The second-order valence-corrected chi connectivity index (χ2v) is 10.2. The van der Waals surface area contributed by atoms with Crippen LogP contribution >= 0.6 is 22.9 Å². The first-order chi connectivity index (χ1) is 13.7. The zero-order chi connectivity index (χ0) is 21.3. The molecule has 29 heavy (non-hydrogen) atoms. The van der Waals surface area contributed by atoms with E-state index in [0.717, 1.165) is 35.5 Å². The fraction of sp³-hybridized carbons (Fsp3) is 0.500. The van der Waals surface area contributed by atoms with Crippen LogP contribution in [0.1, 0.15) is 50.6 Å². The molecule has 0 saturated heterocycles. The van der Waals surface area contributed by atoms with E-state index >= 15 is 0 Å². The van der Waals surface area contributed by atoms with Crippen LogP contribution in [-0.4, -0.2) is 23.1 Å². The molecule has 0 radical (unpaired) electrons. The summed E-state index contributed by atoms with van der Waals surface area (Å²) < 4.78 is 0. The van der Waals surface area contributed by atoms with Crippen LogP contribution in [0.4, 0.5) is 5.82 Å². The van der Waals surface area contributed by atoms with Gasteiger partial charge in [-0.1, -0.05) is 52.8 Å². The normalized spacial score (nSPS) is 11.8. The summed E-state index contributed by atoms with van der Waals surface area (Å²) in [7, 11) is 0. The standard InChI is InChI=1S/C24H32ClN3S/c1-8-19-20(18-10-9-16(6)17(7)11-18)21-22(26-24(25)27-23(21)29-19)28(12-14(2)3)13-15(4)5/h9-11,14-15H,8,12-13H2,1-7H3. The Hall–Kier alpha value is -1.65. The molecule has 0 amide bonds. The summed E-state index contributed by atoms with van der Waals surface area (Å²) in [6.45, 7) is 17.5.